The number of nitriles is 1. The SMILES string of the molecule is N#Cc1cccc(Br)c1CCc1ccccc1OCc1ccccc1. The lowest BCUT2D eigenvalue weighted by molar-refractivity contribution is 0.303. The fourth-order valence-electron chi connectivity index (χ4n) is 2.76. The second-order valence-electron chi connectivity index (χ2n) is 5.76. The summed E-state index contributed by atoms with van der Waals surface area (Å²) < 4.78 is 7.00. The molecule has 0 aliphatic carbocycles. The number of rotatable bonds is 6. The van der Waals surface area contributed by atoms with Gasteiger partial charge in [-0.2, -0.15) is 5.26 Å². The first-order valence-electron chi connectivity index (χ1n) is 8.20. The molecule has 0 radical (unpaired) electrons. The lowest BCUT2D eigenvalue weighted by atomic mass is 10.00. The molecule has 0 amide bonds. The highest BCUT2D eigenvalue weighted by molar-refractivity contribution is 9.10. The molecule has 0 saturated heterocycles. The molecule has 0 aliphatic heterocycles. The molecule has 0 atom stereocenters. The molecule has 0 bridgehead atoms. The van der Waals surface area contributed by atoms with Gasteiger partial charge in [0.1, 0.15) is 12.4 Å². The Morgan fingerprint density at radius 1 is 0.840 bits per heavy atom. The average molecular weight is 392 g/mol. The Bertz CT molecular complexity index is 884. The second kappa shape index (κ2) is 8.50. The fraction of sp³-hybridized carbons (Fsp3) is 0.136. The predicted molar refractivity (Wildman–Crippen MR) is 103 cm³/mol. The van der Waals surface area contributed by atoms with E-state index < -0.39 is 0 Å². The summed E-state index contributed by atoms with van der Waals surface area (Å²) in [5.74, 6) is 0.900. The summed E-state index contributed by atoms with van der Waals surface area (Å²) in [6, 6.07) is 26.3. The van der Waals surface area contributed by atoms with Crippen LogP contribution >= 0.6 is 15.9 Å². The zero-order valence-electron chi connectivity index (χ0n) is 13.8. The molecule has 124 valence electrons. The third-order valence-corrected chi connectivity index (χ3v) is 4.84. The van der Waals surface area contributed by atoms with Gasteiger partial charge in [-0.05, 0) is 47.7 Å². The van der Waals surface area contributed by atoms with Crippen LogP contribution in [0.4, 0.5) is 0 Å². The lowest BCUT2D eigenvalue weighted by Crippen LogP contribution is -2.01. The first-order valence-corrected chi connectivity index (χ1v) is 8.99. The van der Waals surface area contributed by atoms with E-state index in [1.807, 2.05) is 54.6 Å². The van der Waals surface area contributed by atoms with Gasteiger partial charge in [0, 0.05) is 4.47 Å². The number of benzene rings is 3. The quantitative estimate of drug-likeness (QED) is 0.540. The number of halogens is 1. The van der Waals surface area contributed by atoms with Crippen LogP contribution in [-0.2, 0) is 19.4 Å². The lowest BCUT2D eigenvalue weighted by Gasteiger charge is -2.12. The van der Waals surface area contributed by atoms with Crippen molar-refractivity contribution >= 4 is 15.9 Å². The smallest absolute Gasteiger partial charge is 0.123 e. The van der Waals surface area contributed by atoms with Gasteiger partial charge in [-0.25, -0.2) is 0 Å². The molecule has 3 aromatic carbocycles. The minimum absolute atomic E-state index is 0.552. The van der Waals surface area contributed by atoms with Crippen LogP contribution < -0.4 is 4.74 Å². The van der Waals surface area contributed by atoms with Gasteiger partial charge in [-0.15, -0.1) is 0 Å². The number of ether oxygens (including phenoxy) is 1. The number of nitrogens with zero attached hydrogens (tertiary/aromatic N) is 1. The molecule has 0 aliphatic rings. The van der Waals surface area contributed by atoms with Gasteiger partial charge in [-0.3, -0.25) is 0 Å². The summed E-state index contributed by atoms with van der Waals surface area (Å²) in [5.41, 5.74) is 4.06. The van der Waals surface area contributed by atoms with E-state index in [4.69, 9.17) is 4.74 Å². The number of hydrogen-bond donors (Lipinski definition) is 0. The molecular weight excluding hydrogens is 374 g/mol. The van der Waals surface area contributed by atoms with Gasteiger partial charge < -0.3 is 4.74 Å². The molecule has 3 aromatic rings. The fourth-order valence-corrected chi connectivity index (χ4v) is 3.33. The van der Waals surface area contributed by atoms with Crippen molar-refractivity contribution in [3.05, 3.63) is 99.5 Å². The Morgan fingerprint density at radius 2 is 1.60 bits per heavy atom. The van der Waals surface area contributed by atoms with E-state index in [2.05, 4.69) is 40.2 Å². The molecule has 0 N–H and O–H groups in total. The van der Waals surface area contributed by atoms with Gasteiger partial charge in [0.25, 0.3) is 0 Å². The van der Waals surface area contributed by atoms with Crippen molar-refractivity contribution in [2.75, 3.05) is 0 Å². The Hall–Kier alpha value is -2.57. The summed E-state index contributed by atoms with van der Waals surface area (Å²) in [4.78, 5) is 0. The zero-order chi connectivity index (χ0) is 17.5. The highest BCUT2D eigenvalue weighted by Gasteiger charge is 2.09. The van der Waals surface area contributed by atoms with Crippen molar-refractivity contribution in [1.82, 2.24) is 0 Å². The van der Waals surface area contributed by atoms with Crippen LogP contribution in [0.25, 0.3) is 0 Å². The number of para-hydroxylation sites is 1. The van der Waals surface area contributed by atoms with Crippen molar-refractivity contribution in [2.24, 2.45) is 0 Å². The van der Waals surface area contributed by atoms with E-state index in [1.165, 1.54) is 0 Å². The molecule has 0 fully saturated rings. The van der Waals surface area contributed by atoms with Gasteiger partial charge in [0.2, 0.25) is 0 Å². The maximum atomic E-state index is 9.31. The summed E-state index contributed by atoms with van der Waals surface area (Å²) in [5, 5.41) is 9.31. The first-order chi connectivity index (χ1) is 12.3. The Kier molecular flexibility index (Phi) is 5.87. The van der Waals surface area contributed by atoms with Gasteiger partial charge in [0.05, 0.1) is 11.6 Å². The molecule has 0 aromatic heterocycles. The van der Waals surface area contributed by atoms with Crippen molar-refractivity contribution in [1.29, 1.82) is 5.26 Å². The number of aryl methyl sites for hydroxylation is 1. The molecule has 0 heterocycles. The van der Waals surface area contributed by atoms with Crippen LogP contribution in [0.2, 0.25) is 0 Å². The third-order valence-electron chi connectivity index (χ3n) is 4.09. The monoisotopic (exact) mass is 391 g/mol. The number of hydrogen-bond acceptors (Lipinski definition) is 2. The Labute approximate surface area is 156 Å². The molecule has 0 saturated carbocycles. The van der Waals surface area contributed by atoms with E-state index in [9.17, 15) is 5.26 Å². The standard InChI is InChI=1S/C22H18BrNO/c23-21-11-6-10-19(15-24)20(21)14-13-18-9-4-5-12-22(18)25-16-17-7-2-1-3-8-17/h1-12H,13-14,16H2. The van der Waals surface area contributed by atoms with Crippen LogP contribution in [0.15, 0.2) is 77.3 Å². The molecular formula is C22H18BrNO. The third kappa shape index (κ3) is 4.49. The van der Waals surface area contributed by atoms with Gasteiger partial charge in [-0.1, -0.05) is 70.5 Å². The summed E-state index contributed by atoms with van der Waals surface area (Å²) in [6.07, 6.45) is 1.61. The highest BCUT2D eigenvalue weighted by Crippen LogP contribution is 2.25. The molecule has 3 rings (SSSR count). The van der Waals surface area contributed by atoms with Crippen LogP contribution in [0.3, 0.4) is 0 Å². The van der Waals surface area contributed by atoms with Crippen LogP contribution in [0.5, 0.6) is 5.75 Å². The summed E-state index contributed by atoms with van der Waals surface area (Å²) in [6.45, 7) is 0.552. The van der Waals surface area contributed by atoms with Crippen LogP contribution in [-0.4, -0.2) is 0 Å². The molecule has 25 heavy (non-hydrogen) atoms. The summed E-state index contributed by atoms with van der Waals surface area (Å²) >= 11 is 3.56. The van der Waals surface area contributed by atoms with Crippen LogP contribution in [0, 0.1) is 11.3 Å². The van der Waals surface area contributed by atoms with E-state index in [0.29, 0.717) is 6.61 Å². The maximum absolute atomic E-state index is 9.31. The van der Waals surface area contributed by atoms with Crippen molar-refractivity contribution in [2.45, 2.75) is 19.4 Å². The Balaban J connectivity index is 1.73. The minimum Gasteiger partial charge on any atom is -0.489 e. The largest absolute Gasteiger partial charge is 0.489 e. The van der Waals surface area contributed by atoms with E-state index in [1.54, 1.807) is 0 Å². The molecule has 0 spiro atoms. The molecule has 2 nitrogen and oxygen atoms in total. The first kappa shape index (κ1) is 17.3. The highest BCUT2D eigenvalue weighted by atomic mass is 79.9. The van der Waals surface area contributed by atoms with Crippen molar-refractivity contribution in [3.63, 3.8) is 0 Å². The zero-order valence-corrected chi connectivity index (χ0v) is 15.4. The topological polar surface area (TPSA) is 33.0 Å². The molecule has 0 unspecified atom stereocenters. The van der Waals surface area contributed by atoms with Crippen molar-refractivity contribution < 1.29 is 4.74 Å². The maximum Gasteiger partial charge on any atom is 0.123 e. The van der Waals surface area contributed by atoms with E-state index in [-0.39, 0.29) is 0 Å². The van der Waals surface area contributed by atoms with Gasteiger partial charge >= 0.3 is 0 Å². The Morgan fingerprint density at radius 3 is 2.40 bits per heavy atom. The predicted octanol–water partition coefficient (Wildman–Crippen LogP) is 5.68. The molecule has 3 heteroatoms. The normalized spacial score (nSPS) is 10.2. The second-order valence-corrected chi connectivity index (χ2v) is 6.61. The van der Waals surface area contributed by atoms with E-state index >= 15 is 0 Å². The van der Waals surface area contributed by atoms with E-state index in [0.717, 1.165) is 45.3 Å². The van der Waals surface area contributed by atoms with Crippen LogP contribution in [0.1, 0.15) is 22.3 Å². The van der Waals surface area contributed by atoms with Crippen molar-refractivity contribution in [3.8, 4) is 11.8 Å². The van der Waals surface area contributed by atoms with Gasteiger partial charge in [0.15, 0.2) is 0 Å². The average Bonchev–Trinajstić information content (AvgIpc) is 2.66. The summed E-state index contributed by atoms with van der Waals surface area (Å²) in [7, 11) is 0. The minimum atomic E-state index is 0.552.